The SMILES string of the molecule is CC(C)CC#Cc1cnc2c(c1)C(=O)N([C@@H](C)CO)C[C@H](C)[C@@H](CN(C)Cc1cccc(F)c1)O2. The molecule has 1 aromatic heterocycles. The lowest BCUT2D eigenvalue weighted by atomic mass is 9.99. The molecule has 0 radical (unpaired) electrons. The number of rotatable bonds is 7. The van der Waals surface area contributed by atoms with Crippen molar-refractivity contribution in [2.24, 2.45) is 11.8 Å². The predicted octanol–water partition coefficient (Wildman–Crippen LogP) is 3.97. The summed E-state index contributed by atoms with van der Waals surface area (Å²) in [7, 11) is 1.96. The molecule has 1 amide bonds. The Kier molecular flexibility index (Phi) is 9.25. The van der Waals surface area contributed by atoms with Crippen molar-refractivity contribution in [2.75, 3.05) is 26.7 Å². The van der Waals surface area contributed by atoms with E-state index in [0.29, 0.717) is 36.7 Å². The van der Waals surface area contributed by atoms with E-state index in [4.69, 9.17) is 4.74 Å². The number of carbonyl (C=O) groups is 1. The molecule has 3 rings (SSSR count). The Labute approximate surface area is 208 Å². The van der Waals surface area contributed by atoms with Crippen molar-refractivity contribution in [3.8, 4) is 17.7 Å². The Morgan fingerprint density at radius 2 is 2.09 bits per heavy atom. The van der Waals surface area contributed by atoms with Crippen molar-refractivity contribution >= 4 is 5.91 Å². The zero-order chi connectivity index (χ0) is 25.5. The molecule has 0 saturated carbocycles. The van der Waals surface area contributed by atoms with Crippen molar-refractivity contribution in [1.82, 2.24) is 14.8 Å². The molecule has 6 nitrogen and oxygen atoms in total. The van der Waals surface area contributed by atoms with Gasteiger partial charge in [-0.15, -0.1) is 0 Å². The molecule has 3 atom stereocenters. The number of nitrogens with zero attached hydrogens (tertiary/aromatic N) is 3. The third kappa shape index (κ3) is 7.27. The van der Waals surface area contributed by atoms with Gasteiger partial charge in [0.05, 0.1) is 12.6 Å². The maximum atomic E-state index is 13.6. The minimum Gasteiger partial charge on any atom is -0.472 e. The summed E-state index contributed by atoms with van der Waals surface area (Å²) in [6.45, 7) is 9.48. The molecule has 188 valence electrons. The number of aromatic nitrogens is 1. The molecule has 1 aromatic carbocycles. The average Bonchev–Trinajstić information content (AvgIpc) is 2.81. The van der Waals surface area contributed by atoms with Crippen LogP contribution in [-0.2, 0) is 6.54 Å². The van der Waals surface area contributed by atoms with Gasteiger partial charge >= 0.3 is 0 Å². The highest BCUT2D eigenvalue weighted by Gasteiger charge is 2.34. The number of carbonyl (C=O) groups excluding carboxylic acids is 1. The van der Waals surface area contributed by atoms with Crippen LogP contribution in [0, 0.1) is 29.5 Å². The number of aliphatic hydroxyl groups is 1. The van der Waals surface area contributed by atoms with Crippen LogP contribution in [-0.4, -0.2) is 64.7 Å². The fourth-order valence-electron chi connectivity index (χ4n) is 4.06. The summed E-state index contributed by atoms with van der Waals surface area (Å²) in [5.74, 6) is 6.46. The molecular formula is C28H36FN3O3. The lowest BCUT2D eigenvalue weighted by Gasteiger charge is -2.37. The first kappa shape index (κ1) is 26.7. The summed E-state index contributed by atoms with van der Waals surface area (Å²) in [5, 5.41) is 9.82. The van der Waals surface area contributed by atoms with E-state index in [2.05, 4.69) is 35.6 Å². The number of hydrogen-bond acceptors (Lipinski definition) is 5. The van der Waals surface area contributed by atoms with Crippen LogP contribution in [0.25, 0.3) is 0 Å². The lowest BCUT2D eigenvalue weighted by molar-refractivity contribution is 0.0325. The highest BCUT2D eigenvalue weighted by molar-refractivity contribution is 5.97. The Bertz CT molecular complexity index is 1080. The zero-order valence-electron chi connectivity index (χ0n) is 21.3. The summed E-state index contributed by atoms with van der Waals surface area (Å²) in [5.41, 5.74) is 1.89. The minimum atomic E-state index is -0.350. The molecule has 0 saturated heterocycles. The third-order valence-electron chi connectivity index (χ3n) is 6.10. The van der Waals surface area contributed by atoms with Gasteiger partial charge in [0, 0.05) is 43.7 Å². The number of fused-ring (bicyclic) bond motifs is 1. The molecule has 0 bridgehead atoms. The van der Waals surface area contributed by atoms with Crippen LogP contribution in [0.4, 0.5) is 4.39 Å². The van der Waals surface area contributed by atoms with Crippen LogP contribution in [0.2, 0.25) is 0 Å². The lowest BCUT2D eigenvalue weighted by Crippen LogP contribution is -2.49. The highest BCUT2D eigenvalue weighted by Crippen LogP contribution is 2.27. The van der Waals surface area contributed by atoms with Gasteiger partial charge in [0.2, 0.25) is 5.88 Å². The van der Waals surface area contributed by atoms with Crippen LogP contribution in [0.15, 0.2) is 36.5 Å². The summed E-state index contributed by atoms with van der Waals surface area (Å²) < 4.78 is 19.9. The number of likely N-dealkylation sites (N-methyl/N-ethyl adjacent to an activating group) is 1. The van der Waals surface area contributed by atoms with E-state index in [-0.39, 0.29) is 42.3 Å². The van der Waals surface area contributed by atoms with E-state index in [9.17, 15) is 14.3 Å². The molecule has 7 heteroatoms. The topological polar surface area (TPSA) is 65.9 Å². The van der Waals surface area contributed by atoms with Crippen molar-refractivity contribution in [2.45, 2.75) is 52.8 Å². The molecule has 2 aromatic rings. The predicted molar refractivity (Wildman–Crippen MR) is 134 cm³/mol. The van der Waals surface area contributed by atoms with Crippen molar-refractivity contribution in [3.05, 3.63) is 59.0 Å². The molecular weight excluding hydrogens is 445 g/mol. The van der Waals surface area contributed by atoms with Gasteiger partial charge in [0.25, 0.3) is 5.91 Å². The van der Waals surface area contributed by atoms with E-state index in [1.54, 1.807) is 23.2 Å². The third-order valence-corrected chi connectivity index (χ3v) is 6.10. The fourth-order valence-corrected chi connectivity index (χ4v) is 4.06. The van der Waals surface area contributed by atoms with E-state index in [0.717, 1.165) is 12.0 Å². The van der Waals surface area contributed by atoms with Crippen molar-refractivity contribution in [3.63, 3.8) is 0 Å². The molecule has 0 unspecified atom stereocenters. The van der Waals surface area contributed by atoms with Gasteiger partial charge in [-0.1, -0.05) is 44.7 Å². The standard InChI is InChI=1S/C28H36FN3O3/c1-19(2)8-6-9-22-13-25-27(30-14-22)35-26(20(3)15-32(28(25)34)21(4)18-33)17-31(5)16-23-10-7-11-24(29)12-23/h7,10-14,19-21,26,33H,8,15-18H2,1-5H3/t20-,21-,26+/m0/s1. The van der Waals surface area contributed by atoms with Crippen LogP contribution < -0.4 is 4.74 Å². The van der Waals surface area contributed by atoms with Gasteiger partial charge in [0.1, 0.15) is 17.5 Å². The van der Waals surface area contributed by atoms with Gasteiger partial charge < -0.3 is 14.7 Å². The Morgan fingerprint density at radius 3 is 2.77 bits per heavy atom. The van der Waals surface area contributed by atoms with Gasteiger partial charge in [0.15, 0.2) is 0 Å². The molecule has 2 heterocycles. The average molecular weight is 482 g/mol. The number of hydrogen-bond donors (Lipinski definition) is 1. The van der Waals surface area contributed by atoms with E-state index >= 15 is 0 Å². The molecule has 35 heavy (non-hydrogen) atoms. The zero-order valence-corrected chi connectivity index (χ0v) is 21.3. The summed E-state index contributed by atoms with van der Waals surface area (Å²) in [4.78, 5) is 21.7. The van der Waals surface area contributed by atoms with Crippen molar-refractivity contribution < 1.29 is 19.0 Å². The van der Waals surface area contributed by atoms with E-state index in [1.807, 2.05) is 27.0 Å². The second-order valence-electron chi connectivity index (χ2n) is 9.93. The number of pyridine rings is 1. The maximum Gasteiger partial charge on any atom is 0.259 e. The highest BCUT2D eigenvalue weighted by atomic mass is 19.1. The first-order valence-corrected chi connectivity index (χ1v) is 12.2. The van der Waals surface area contributed by atoms with E-state index in [1.165, 1.54) is 12.1 Å². The minimum absolute atomic E-state index is 0.0247. The summed E-state index contributed by atoms with van der Waals surface area (Å²) >= 11 is 0. The Hall–Kier alpha value is -2.95. The Morgan fingerprint density at radius 1 is 1.31 bits per heavy atom. The molecule has 1 aliphatic rings. The molecule has 0 aliphatic carbocycles. The monoisotopic (exact) mass is 481 g/mol. The number of benzene rings is 1. The quantitative estimate of drug-likeness (QED) is 0.607. The van der Waals surface area contributed by atoms with Gasteiger partial charge in [-0.3, -0.25) is 9.69 Å². The van der Waals surface area contributed by atoms with Gasteiger partial charge in [-0.25, -0.2) is 9.37 Å². The van der Waals surface area contributed by atoms with Crippen LogP contribution in [0.1, 0.15) is 55.6 Å². The second-order valence-corrected chi connectivity index (χ2v) is 9.93. The number of halogens is 1. The molecule has 0 fully saturated rings. The second kappa shape index (κ2) is 12.1. The smallest absolute Gasteiger partial charge is 0.259 e. The first-order valence-electron chi connectivity index (χ1n) is 12.2. The first-order chi connectivity index (χ1) is 16.7. The van der Waals surface area contributed by atoms with E-state index < -0.39 is 0 Å². The van der Waals surface area contributed by atoms with Gasteiger partial charge in [-0.05, 0) is 43.7 Å². The number of ether oxygens (including phenoxy) is 1. The van der Waals surface area contributed by atoms with Crippen LogP contribution >= 0.6 is 0 Å². The largest absolute Gasteiger partial charge is 0.472 e. The maximum absolute atomic E-state index is 13.6. The molecule has 0 spiro atoms. The molecule has 1 aliphatic heterocycles. The van der Waals surface area contributed by atoms with Crippen LogP contribution in [0.3, 0.4) is 0 Å². The van der Waals surface area contributed by atoms with Gasteiger partial charge in [-0.2, -0.15) is 0 Å². The number of aliphatic hydroxyl groups excluding tert-OH is 1. The fraction of sp³-hybridized carbons (Fsp3) is 0.500. The summed E-state index contributed by atoms with van der Waals surface area (Å²) in [6, 6.07) is 7.94. The van der Waals surface area contributed by atoms with Crippen LogP contribution in [0.5, 0.6) is 5.88 Å². The molecule has 1 N–H and O–H groups in total. The number of amides is 1. The normalized spacial score (nSPS) is 18.9. The summed E-state index contributed by atoms with van der Waals surface area (Å²) in [6.07, 6.45) is 2.13. The van der Waals surface area contributed by atoms with Crippen molar-refractivity contribution in [1.29, 1.82) is 0 Å². The Balaban J connectivity index is 1.89.